The lowest BCUT2D eigenvalue weighted by molar-refractivity contribution is 0.0691. The van der Waals surface area contributed by atoms with Crippen molar-refractivity contribution in [3.05, 3.63) is 33.3 Å². The van der Waals surface area contributed by atoms with Gasteiger partial charge in [0.1, 0.15) is 6.07 Å². The highest BCUT2D eigenvalue weighted by Crippen LogP contribution is 2.39. The fourth-order valence-corrected chi connectivity index (χ4v) is 2.39. The van der Waals surface area contributed by atoms with Crippen LogP contribution in [-0.4, -0.2) is 17.9 Å². The maximum atomic E-state index is 12.0. The summed E-state index contributed by atoms with van der Waals surface area (Å²) in [6.07, 6.45) is 0. The molecule has 0 radical (unpaired) electrons. The molecule has 0 aromatic heterocycles. The molecule has 16 heavy (non-hydrogen) atoms. The highest BCUT2D eigenvalue weighted by Gasteiger charge is 2.40. The summed E-state index contributed by atoms with van der Waals surface area (Å²) in [6, 6.07) is 5.60. The number of hydrogen-bond acceptors (Lipinski definition) is 2. The summed E-state index contributed by atoms with van der Waals surface area (Å²) in [5.74, 6) is -0.0241. The van der Waals surface area contributed by atoms with E-state index in [0.29, 0.717) is 11.1 Å². The minimum Gasteiger partial charge on any atom is -0.332 e. The summed E-state index contributed by atoms with van der Waals surface area (Å²) in [5, 5.41) is 8.93. The Morgan fingerprint density at radius 1 is 1.44 bits per heavy atom. The molecule has 0 saturated heterocycles. The average Bonchev–Trinajstić information content (AvgIpc) is 2.40. The monoisotopic (exact) mass is 278 g/mol. The summed E-state index contributed by atoms with van der Waals surface area (Å²) in [5.41, 5.74) is 1.78. The van der Waals surface area contributed by atoms with Gasteiger partial charge in [-0.15, -0.1) is 0 Å². The van der Waals surface area contributed by atoms with E-state index in [1.54, 1.807) is 18.0 Å². The number of carbonyl (C=O) groups is 1. The minimum absolute atomic E-state index is 0.0241. The van der Waals surface area contributed by atoms with Crippen molar-refractivity contribution in [3.8, 4) is 6.07 Å². The molecule has 1 aliphatic rings. The Labute approximate surface area is 103 Å². The third kappa shape index (κ3) is 1.28. The Morgan fingerprint density at radius 3 is 2.62 bits per heavy atom. The van der Waals surface area contributed by atoms with Crippen LogP contribution in [0.1, 0.15) is 35.3 Å². The number of carbonyl (C=O) groups excluding carboxylic acids is 1. The molecule has 2 rings (SSSR count). The van der Waals surface area contributed by atoms with E-state index in [0.717, 1.165) is 10.0 Å². The molecule has 1 aromatic rings. The van der Waals surface area contributed by atoms with E-state index in [2.05, 4.69) is 22.0 Å². The van der Waals surface area contributed by atoms with Crippen LogP contribution < -0.4 is 0 Å². The van der Waals surface area contributed by atoms with Crippen LogP contribution in [0.3, 0.4) is 0 Å². The SMILES string of the molecule is CN1C(=O)c2cc(C#N)c(Br)cc2C1(C)C. The third-order valence-electron chi connectivity index (χ3n) is 3.26. The van der Waals surface area contributed by atoms with Crippen molar-refractivity contribution in [1.82, 2.24) is 4.90 Å². The molecule has 1 aliphatic heterocycles. The van der Waals surface area contributed by atoms with E-state index >= 15 is 0 Å². The van der Waals surface area contributed by atoms with Crippen molar-refractivity contribution in [3.63, 3.8) is 0 Å². The van der Waals surface area contributed by atoms with Crippen molar-refractivity contribution >= 4 is 21.8 Å². The van der Waals surface area contributed by atoms with Gasteiger partial charge in [0.25, 0.3) is 5.91 Å². The first-order valence-corrected chi connectivity index (χ1v) is 5.71. The molecule has 0 atom stereocenters. The van der Waals surface area contributed by atoms with Gasteiger partial charge in [-0.1, -0.05) is 0 Å². The lowest BCUT2D eigenvalue weighted by atomic mass is 9.93. The van der Waals surface area contributed by atoms with Crippen LogP contribution in [-0.2, 0) is 5.54 Å². The number of nitrogens with zero attached hydrogens (tertiary/aromatic N) is 2. The highest BCUT2D eigenvalue weighted by atomic mass is 79.9. The number of rotatable bonds is 0. The Kier molecular flexibility index (Phi) is 2.32. The normalized spacial score (nSPS) is 17.2. The van der Waals surface area contributed by atoms with E-state index in [4.69, 9.17) is 5.26 Å². The van der Waals surface area contributed by atoms with Gasteiger partial charge in [0, 0.05) is 17.1 Å². The Bertz CT molecular complexity index is 529. The average molecular weight is 279 g/mol. The van der Waals surface area contributed by atoms with E-state index in [1.165, 1.54) is 0 Å². The maximum Gasteiger partial charge on any atom is 0.254 e. The van der Waals surface area contributed by atoms with Crippen LogP contribution >= 0.6 is 15.9 Å². The Balaban J connectivity index is 2.74. The van der Waals surface area contributed by atoms with E-state index in [1.807, 2.05) is 19.9 Å². The van der Waals surface area contributed by atoms with Gasteiger partial charge in [0.15, 0.2) is 0 Å². The van der Waals surface area contributed by atoms with Gasteiger partial charge in [-0.05, 0) is 47.5 Å². The van der Waals surface area contributed by atoms with Gasteiger partial charge in [-0.25, -0.2) is 0 Å². The van der Waals surface area contributed by atoms with E-state index < -0.39 is 0 Å². The first-order chi connectivity index (χ1) is 7.39. The molecular formula is C12H11BrN2O. The second-order valence-electron chi connectivity index (χ2n) is 4.41. The maximum absolute atomic E-state index is 12.0. The number of fused-ring (bicyclic) bond motifs is 1. The number of halogens is 1. The first-order valence-electron chi connectivity index (χ1n) is 4.92. The molecule has 1 amide bonds. The molecule has 0 bridgehead atoms. The predicted molar refractivity (Wildman–Crippen MR) is 64.0 cm³/mol. The van der Waals surface area contributed by atoms with Crippen molar-refractivity contribution in [1.29, 1.82) is 5.26 Å². The number of hydrogen-bond donors (Lipinski definition) is 0. The van der Waals surface area contributed by atoms with Gasteiger partial charge in [0.05, 0.1) is 11.1 Å². The molecule has 0 aliphatic carbocycles. The quantitative estimate of drug-likeness (QED) is 0.732. The zero-order chi connectivity index (χ0) is 12.1. The van der Waals surface area contributed by atoms with Crippen LogP contribution in [0.15, 0.2) is 16.6 Å². The van der Waals surface area contributed by atoms with Gasteiger partial charge < -0.3 is 4.90 Å². The van der Waals surface area contributed by atoms with Crippen LogP contribution in [0.5, 0.6) is 0 Å². The molecule has 4 heteroatoms. The van der Waals surface area contributed by atoms with Crippen LogP contribution in [0, 0.1) is 11.3 Å². The van der Waals surface area contributed by atoms with E-state index in [9.17, 15) is 4.79 Å². The predicted octanol–water partition coefficient (Wildman–Crippen LogP) is 2.64. The molecule has 0 saturated carbocycles. The lowest BCUT2D eigenvalue weighted by Gasteiger charge is -2.28. The van der Waals surface area contributed by atoms with Gasteiger partial charge in [-0.2, -0.15) is 5.26 Å². The number of amides is 1. The molecular weight excluding hydrogens is 268 g/mol. The lowest BCUT2D eigenvalue weighted by Crippen LogP contribution is -2.35. The molecule has 0 unspecified atom stereocenters. The second-order valence-corrected chi connectivity index (χ2v) is 5.27. The zero-order valence-corrected chi connectivity index (χ0v) is 10.9. The van der Waals surface area contributed by atoms with Gasteiger partial charge in [-0.3, -0.25) is 4.79 Å². The first kappa shape index (κ1) is 11.2. The molecule has 0 fully saturated rings. The smallest absolute Gasteiger partial charge is 0.254 e. The molecule has 82 valence electrons. The molecule has 0 N–H and O–H groups in total. The molecule has 1 aromatic carbocycles. The highest BCUT2D eigenvalue weighted by molar-refractivity contribution is 9.10. The Morgan fingerprint density at radius 2 is 2.06 bits per heavy atom. The van der Waals surface area contributed by atoms with Gasteiger partial charge in [0.2, 0.25) is 0 Å². The summed E-state index contributed by atoms with van der Waals surface area (Å²) in [7, 11) is 1.78. The fourth-order valence-electron chi connectivity index (χ4n) is 1.96. The van der Waals surface area contributed by atoms with Crippen molar-refractivity contribution < 1.29 is 4.79 Å². The van der Waals surface area contributed by atoms with Crippen molar-refractivity contribution in [2.75, 3.05) is 7.05 Å². The summed E-state index contributed by atoms with van der Waals surface area (Å²) in [4.78, 5) is 13.7. The molecule has 0 spiro atoms. The largest absolute Gasteiger partial charge is 0.332 e. The summed E-state index contributed by atoms with van der Waals surface area (Å²) in [6.45, 7) is 3.99. The second kappa shape index (κ2) is 3.33. The van der Waals surface area contributed by atoms with Crippen molar-refractivity contribution in [2.45, 2.75) is 19.4 Å². The van der Waals surface area contributed by atoms with Crippen LogP contribution in [0.4, 0.5) is 0 Å². The summed E-state index contributed by atoms with van der Waals surface area (Å²) < 4.78 is 0.741. The van der Waals surface area contributed by atoms with Gasteiger partial charge >= 0.3 is 0 Å². The zero-order valence-electron chi connectivity index (χ0n) is 9.34. The fraction of sp³-hybridized carbons (Fsp3) is 0.333. The topological polar surface area (TPSA) is 44.1 Å². The third-order valence-corrected chi connectivity index (χ3v) is 3.92. The van der Waals surface area contributed by atoms with Crippen LogP contribution in [0.25, 0.3) is 0 Å². The Hall–Kier alpha value is -1.34. The molecule has 3 nitrogen and oxygen atoms in total. The number of nitriles is 1. The van der Waals surface area contributed by atoms with Crippen LogP contribution in [0.2, 0.25) is 0 Å². The molecule has 1 heterocycles. The summed E-state index contributed by atoms with van der Waals surface area (Å²) >= 11 is 3.35. The van der Waals surface area contributed by atoms with Crippen molar-refractivity contribution in [2.24, 2.45) is 0 Å². The standard InChI is InChI=1S/C12H11BrN2O/c1-12(2)9-5-10(13)7(6-14)4-8(9)11(16)15(12)3/h4-5H,1-3H3. The van der Waals surface area contributed by atoms with E-state index in [-0.39, 0.29) is 11.4 Å². The minimum atomic E-state index is -0.317. The number of benzene rings is 1.